The average molecular weight is 431 g/mol. The van der Waals surface area contributed by atoms with Crippen molar-refractivity contribution in [1.29, 1.82) is 0 Å². The molecule has 14 heteroatoms. The first-order chi connectivity index (χ1) is 12.6. The first-order valence-corrected chi connectivity index (χ1v) is 9.92. The molecule has 4 N–H and O–H groups in total. The van der Waals surface area contributed by atoms with Crippen LogP contribution in [0.25, 0.3) is 0 Å². The predicted octanol–water partition coefficient (Wildman–Crippen LogP) is -0.784. The van der Waals surface area contributed by atoms with Gasteiger partial charge in [0.2, 0.25) is 0 Å². The summed E-state index contributed by atoms with van der Waals surface area (Å²) >= 11 is 0. The summed E-state index contributed by atoms with van der Waals surface area (Å²) in [5, 5.41) is 20.5. The van der Waals surface area contributed by atoms with Crippen LogP contribution in [0.5, 0.6) is 0 Å². The number of halogens is 3. The Bertz CT molecular complexity index is 771. The van der Waals surface area contributed by atoms with Crippen molar-refractivity contribution in [3.8, 4) is 0 Å². The van der Waals surface area contributed by atoms with Crippen LogP contribution in [0.1, 0.15) is 6.23 Å². The summed E-state index contributed by atoms with van der Waals surface area (Å²) in [6, 6.07) is 1.09. The number of aliphatic hydroxyl groups excluding tert-OH is 2. The lowest BCUT2D eigenvalue weighted by Crippen LogP contribution is -2.38. The quantitative estimate of drug-likeness (QED) is 0.326. The molecule has 0 radical (unpaired) electrons. The van der Waals surface area contributed by atoms with Crippen molar-refractivity contribution in [1.82, 2.24) is 14.9 Å². The highest BCUT2D eigenvalue weighted by molar-refractivity contribution is 8.77. The van der Waals surface area contributed by atoms with E-state index in [-0.39, 0.29) is 12.3 Å². The molecule has 152 valence electrons. The van der Waals surface area contributed by atoms with E-state index in [1.54, 1.807) is 5.32 Å². The summed E-state index contributed by atoms with van der Waals surface area (Å²) < 4.78 is 42.8. The van der Waals surface area contributed by atoms with Crippen molar-refractivity contribution < 1.29 is 32.9 Å². The van der Waals surface area contributed by atoms with Gasteiger partial charge in [-0.1, -0.05) is 21.6 Å². The maximum Gasteiger partial charge on any atom is 0.471 e. The summed E-state index contributed by atoms with van der Waals surface area (Å²) in [5.74, 6) is -1.96. The van der Waals surface area contributed by atoms with E-state index in [0.29, 0.717) is 0 Å². The predicted molar refractivity (Wildman–Crippen MR) is 91.2 cm³/mol. The number of carbonyl (C=O) groups excluding carboxylic acids is 1. The Balaban J connectivity index is 1.98. The van der Waals surface area contributed by atoms with Crippen molar-refractivity contribution in [2.45, 2.75) is 29.9 Å². The maximum absolute atomic E-state index is 12.1. The van der Waals surface area contributed by atoms with E-state index in [9.17, 15) is 37.8 Å². The molecule has 1 aliphatic rings. The number of aromatic amines is 1. The average Bonchev–Trinajstić information content (AvgIpc) is 2.89. The third-order valence-corrected chi connectivity index (χ3v) is 6.34. The first kappa shape index (κ1) is 21.8. The van der Waals surface area contributed by atoms with E-state index in [4.69, 9.17) is 4.74 Å². The van der Waals surface area contributed by atoms with Gasteiger partial charge in [0, 0.05) is 24.6 Å². The molecule has 0 bridgehead atoms. The number of nitrogens with one attached hydrogen (secondary N) is 2. The van der Waals surface area contributed by atoms with Gasteiger partial charge in [0.25, 0.3) is 5.56 Å². The molecule has 4 unspecified atom stereocenters. The summed E-state index contributed by atoms with van der Waals surface area (Å²) in [7, 11) is 2.09. The van der Waals surface area contributed by atoms with Crippen molar-refractivity contribution in [2.75, 3.05) is 18.9 Å². The minimum absolute atomic E-state index is 0.0900. The topological polar surface area (TPSA) is 134 Å². The van der Waals surface area contributed by atoms with Gasteiger partial charge in [0.15, 0.2) is 6.23 Å². The lowest BCUT2D eigenvalue weighted by atomic mass is 10.2. The van der Waals surface area contributed by atoms with Crippen LogP contribution in [-0.4, -0.2) is 68.2 Å². The van der Waals surface area contributed by atoms with E-state index in [1.807, 2.05) is 4.98 Å². The lowest BCUT2D eigenvalue weighted by Gasteiger charge is -2.20. The molecule has 2 heterocycles. The largest absolute Gasteiger partial charge is 0.471 e. The smallest absolute Gasteiger partial charge is 0.394 e. The Morgan fingerprint density at radius 2 is 2.11 bits per heavy atom. The molecule has 1 aliphatic heterocycles. The standard InChI is InChI=1S/C13H16F3N3O6S2/c14-13(15,16)11(23)17-2-4-26-27-9-8(22)6(5-20)25-10(9)19-3-1-7(21)18-12(19)24/h1,3,6,8-10,20,22H,2,4-5H2,(H,17,23)(H,18,21,24). The Morgan fingerprint density at radius 1 is 1.41 bits per heavy atom. The van der Waals surface area contributed by atoms with Gasteiger partial charge in [0.05, 0.1) is 18.0 Å². The molecule has 4 atom stereocenters. The zero-order valence-electron chi connectivity index (χ0n) is 13.5. The van der Waals surface area contributed by atoms with Gasteiger partial charge in [0.1, 0.15) is 6.10 Å². The molecular weight excluding hydrogens is 415 g/mol. The summed E-state index contributed by atoms with van der Waals surface area (Å²) in [5.41, 5.74) is -1.39. The van der Waals surface area contributed by atoms with Gasteiger partial charge in [-0.25, -0.2) is 4.79 Å². The van der Waals surface area contributed by atoms with E-state index in [0.717, 1.165) is 32.2 Å². The van der Waals surface area contributed by atoms with E-state index in [2.05, 4.69) is 0 Å². The Kier molecular flexibility index (Phi) is 7.39. The number of aliphatic hydroxyl groups is 2. The number of carbonyl (C=O) groups is 1. The van der Waals surface area contributed by atoms with Gasteiger partial charge in [-0.3, -0.25) is 19.1 Å². The molecule has 2 rings (SSSR count). The lowest BCUT2D eigenvalue weighted by molar-refractivity contribution is -0.173. The van der Waals surface area contributed by atoms with Crippen molar-refractivity contribution in [2.24, 2.45) is 0 Å². The number of hydrogen-bond donors (Lipinski definition) is 4. The second-order valence-corrected chi connectivity index (χ2v) is 8.06. The number of H-pyrrole nitrogens is 1. The minimum Gasteiger partial charge on any atom is -0.394 e. The maximum atomic E-state index is 12.1. The third kappa shape index (κ3) is 5.51. The summed E-state index contributed by atoms with van der Waals surface area (Å²) in [6.07, 6.45) is -6.93. The first-order valence-electron chi connectivity index (χ1n) is 7.54. The number of amides is 1. The second kappa shape index (κ2) is 9.14. The van der Waals surface area contributed by atoms with Crippen LogP contribution in [0.4, 0.5) is 13.2 Å². The molecule has 1 aromatic heterocycles. The fourth-order valence-corrected chi connectivity index (χ4v) is 4.91. The van der Waals surface area contributed by atoms with Gasteiger partial charge in [-0.15, -0.1) is 0 Å². The second-order valence-electron chi connectivity index (χ2n) is 5.39. The van der Waals surface area contributed by atoms with Crippen molar-refractivity contribution in [3.05, 3.63) is 33.1 Å². The van der Waals surface area contributed by atoms with Gasteiger partial charge >= 0.3 is 17.8 Å². The number of nitrogens with zero attached hydrogens (tertiary/aromatic N) is 1. The third-order valence-electron chi connectivity index (χ3n) is 3.53. The molecular formula is C13H16F3N3O6S2. The van der Waals surface area contributed by atoms with E-state index >= 15 is 0 Å². The van der Waals surface area contributed by atoms with Crippen LogP contribution in [0, 0.1) is 0 Å². The summed E-state index contributed by atoms with van der Waals surface area (Å²) in [4.78, 5) is 35.9. The van der Waals surface area contributed by atoms with Gasteiger partial charge < -0.3 is 20.3 Å². The number of alkyl halides is 3. The van der Waals surface area contributed by atoms with E-state index in [1.165, 1.54) is 6.20 Å². The number of hydrogen-bond acceptors (Lipinski definition) is 8. The van der Waals surface area contributed by atoms with Crippen LogP contribution in [0.3, 0.4) is 0 Å². The Labute approximate surface area is 157 Å². The molecule has 1 saturated heterocycles. The minimum atomic E-state index is -4.96. The van der Waals surface area contributed by atoms with Crippen molar-refractivity contribution in [3.63, 3.8) is 0 Å². The number of rotatable bonds is 7. The highest BCUT2D eigenvalue weighted by atomic mass is 33.1. The fourth-order valence-electron chi connectivity index (χ4n) is 2.26. The normalized spacial score (nSPS) is 25.5. The molecule has 0 spiro atoms. The van der Waals surface area contributed by atoms with Crippen LogP contribution in [-0.2, 0) is 9.53 Å². The zero-order valence-corrected chi connectivity index (χ0v) is 15.1. The van der Waals surface area contributed by atoms with Crippen LogP contribution in [0.15, 0.2) is 21.9 Å². The van der Waals surface area contributed by atoms with Gasteiger partial charge in [-0.05, 0) is 0 Å². The van der Waals surface area contributed by atoms with E-state index < -0.39 is 53.6 Å². The molecule has 27 heavy (non-hydrogen) atoms. The van der Waals surface area contributed by atoms with Gasteiger partial charge in [-0.2, -0.15) is 13.2 Å². The molecule has 1 amide bonds. The highest BCUT2D eigenvalue weighted by Crippen LogP contribution is 2.42. The monoisotopic (exact) mass is 431 g/mol. The Hall–Kier alpha value is -1.48. The molecule has 1 fully saturated rings. The highest BCUT2D eigenvalue weighted by Gasteiger charge is 2.45. The van der Waals surface area contributed by atoms with Crippen LogP contribution in [0.2, 0.25) is 0 Å². The molecule has 0 saturated carbocycles. The van der Waals surface area contributed by atoms with Crippen LogP contribution >= 0.6 is 21.6 Å². The zero-order chi connectivity index (χ0) is 20.2. The van der Waals surface area contributed by atoms with Crippen LogP contribution < -0.4 is 16.6 Å². The molecule has 0 aromatic carbocycles. The molecule has 9 nitrogen and oxygen atoms in total. The Morgan fingerprint density at radius 3 is 2.70 bits per heavy atom. The summed E-state index contributed by atoms with van der Waals surface area (Å²) in [6.45, 7) is -0.772. The SMILES string of the molecule is O=C(NCCSSC1C(O)C(CO)OC1n1ccc(=O)[nH]c1=O)C(F)(F)F. The molecule has 1 aromatic rings. The fraction of sp³-hybridized carbons (Fsp3) is 0.615. The van der Waals surface area contributed by atoms with Crippen molar-refractivity contribution >= 4 is 27.5 Å². The number of ether oxygens (including phenoxy) is 1. The molecule has 0 aliphatic carbocycles. The number of aromatic nitrogens is 2.